The van der Waals surface area contributed by atoms with Crippen LogP contribution in [0.25, 0.3) is 21.8 Å². The van der Waals surface area contributed by atoms with Gasteiger partial charge in [-0.05, 0) is 30.3 Å². The summed E-state index contributed by atoms with van der Waals surface area (Å²) < 4.78 is 0. The quantitative estimate of drug-likeness (QED) is 0.670. The fourth-order valence-electron chi connectivity index (χ4n) is 2.13. The van der Waals surface area contributed by atoms with Crippen LogP contribution in [-0.4, -0.2) is 19.1 Å². The lowest BCUT2D eigenvalue weighted by atomic mass is 10.1. The van der Waals surface area contributed by atoms with E-state index in [1.807, 2.05) is 14.1 Å². The van der Waals surface area contributed by atoms with E-state index in [1.165, 1.54) is 10.8 Å². The highest BCUT2D eigenvalue weighted by molar-refractivity contribution is 5.95. The SMILES string of the molecule is CNc1ccc2cc3ccc(NC)cc3nc2c1. The summed E-state index contributed by atoms with van der Waals surface area (Å²) in [5.74, 6) is 0. The molecule has 0 radical (unpaired) electrons. The van der Waals surface area contributed by atoms with Gasteiger partial charge in [-0.15, -0.1) is 0 Å². The molecular formula is C15H15N3. The summed E-state index contributed by atoms with van der Waals surface area (Å²) in [5.41, 5.74) is 4.20. The van der Waals surface area contributed by atoms with Crippen LogP contribution in [0.15, 0.2) is 42.5 Å². The lowest BCUT2D eigenvalue weighted by Gasteiger charge is -2.06. The number of rotatable bonds is 2. The van der Waals surface area contributed by atoms with Gasteiger partial charge in [0.25, 0.3) is 0 Å². The van der Waals surface area contributed by atoms with E-state index in [9.17, 15) is 0 Å². The predicted octanol–water partition coefficient (Wildman–Crippen LogP) is 3.47. The van der Waals surface area contributed by atoms with Crippen LogP contribution < -0.4 is 10.6 Å². The molecule has 0 aliphatic heterocycles. The van der Waals surface area contributed by atoms with E-state index in [4.69, 9.17) is 4.98 Å². The number of benzene rings is 2. The molecular weight excluding hydrogens is 222 g/mol. The molecule has 90 valence electrons. The molecule has 3 rings (SSSR count). The van der Waals surface area contributed by atoms with E-state index in [1.54, 1.807) is 0 Å². The van der Waals surface area contributed by atoms with Gasteiger partial charge in [0.05, 0.1) is 11.0 Å². The zero-order chi connectivity index (χ0) is 12.5. The molecule has 0 amide bonds. The topological polar surface area (TPSA) is 37.0 Å². The Morgan fingerprint density at radius 3 is 1.67 bits per heavy atom. The third kappa shape index (κ3) is 1.74. The summed E-state index contributed by atoms with van der Waals surface area (Å²) >= 11 is 0. The highest BCUT2D eigenvalue weighted by Crippen LogP contribution is 2.24. The Labute approximate surface area is 106 Å². The zero-order valence-corrected chi connectivity index (χ0v) is 10.5. The van der Waals surface area contributed by atoms with Crippen molar-refractivity contribution < 1.29 is 0 Å². The van der Waals surface area contributed by atoms with Gasteiger partial charge >= 0.3 is 0 Å². The Balaban J connectivity index is 2.29. The van der Waals surface area contributed by atoms with Crippen molar-refractivity contribution in [3.8, 4) is 0 Å². The number of aromatic nitrogens is 1. The molecule has 0 spiro atoms. The first-order chi connectivity index (χ1) is 8.80. The van der Waals surface area contributed by atoms with Crippen LogP contribution in [-0.2, 0) is 0 Å². The van der Waals surface area contributed by atoms with Gasteiger partial charge in [-0.25, -0.2) is 4.98 Å². The van der Waals surface area contributed by atoms with Crippen molar-refractivity contribution in [3.05, 3.63) is 42.5 Å². The van der Waals surface area contributed by atoms with Gasteiger partial charge in [0, 0.05) is 36.2 Å². The number of nitrogens with one attached hydrogen (secondary N) is 2. The second-order valence-electron chi connectivity index (χ2n) is 4.30. The molecule has 1 heterocycles. The van der Waals surface area contributed by atoms with Gasteiger partial charge in [-0.2, -0.15) is 0 Å². The van der Waals surface area contributed by atoms with Crippen molar-refractivity contribution in [2.75, 3.05) is 24.7 Å². The summed E-state index contributed by atoms with van der Waals surface area (Å²) in [4.78, 5) is 4.71. The van der Waals surface area contributed by atoms with Crippen LogP contribution in [0, 0.1) is 0 Å². The second kappa shape index (κ2) is 4.18. The van der Waals surface area contributed by atoms with Gasteiger partial charge in [0.1, 0.15) is 0 Å². The molecule has 0 bridgehead atoms. The molecule has 18 heavy (non-hydrogen) atoms. The van der Waals surface area contributed by atoms with Crippen molar-refractivity contribution >= 4 is 33.2 Å². The van der Waals surface area contributed by atoms with Gasteiger partial charge in [-0.1, -0.05) is 12.1 Å². The Hall–Kier alpha value is -2.29. The number of hydrogen-bond donors (Lipinski definition) is 2. The van der Waals surface area contributed by atoms with Crippen molar-refractivity contribution in [1.29, 1.82) is 0 Å². The van der Waals surface area contributed by atoms with Gasteiger partial charge in [0.15, 0.2) is 0 Å². The van der Waals surface area contributed by atoms with Gasteiger partial charge in [-0.3, -0.25) is 0 Å². The molecule has 0 fully saturated rings. The smallest absolute Gasteiger partial charge is 0.0730 e. The van der Waals surface area contributed by atoms with Crippen LogP contribution in [0.3, 0.4) is 0 Å². The molecule has 3 aromatic rings. The second-order valence-corrected chi connectivity index (χ2v) is 4.30. The fourth-order valence-corrected chi connectivity index (χ4v) is 2.13. The van der Waals surface area contributed by atoms with E-state index >= 15 is 0 Å². The fraction of sp³-hybridized carbons (Fsp3) is 0.133. The lowest BCUT2D eigenvalue weighted by molar-refractivity contribution is 1.46. The molecule has 2 aromatic carbocycles. The largest absolute Gasteiger partial charge is 0.388 e. The maximum absolute atomic E-state index is 4.71. The molecule has 3 heteroatoms. The number of fused-ring (bicyclic) bond motifs is 2. The van der Waals surface area contributed by atoms with Gasteiger partial charge in [0.2, 0.25) is 0 Å². The Morgan fingerprint density at radius 1 is 0.722 bits per heavy atom. The van der Waals surface area contributed by atoms with E-state index in [0.717, 1.165) is 22.4 Å². The standard InChI is InChI=1S/C15H15N3/c1-16-12-5-3-10-7-11-4-6-13(17-2)9-15(11)18-14(10)8-12/h3-9,16-17H,1-2H3. The maximum atomic E-state index is 4.71. The highest BCUT2D eigenvalue weighted by Gasteiger charge is 2.01. The minimum atomic E-state index is 1.02. The van der Waals surface area contributed by atoms with Crippen LogP contribution in [0.4, 0.5) is 11.4 Å². The molecule has 2 N–H and O–H groups in total. The maximum Gasteiger partial charge on any atom is 0.0730 e. The minimum Gasteiger partial charge on any atom is -0.388 e. The normalized spacial score (nSPS) is 10.8. The lowest BCUT2D eigenvalue weighted by Crippen LogP contribution is -1.90. The summed E-state index contributed by atoms with van der Waals surface area (Å²) in [7, 11) is 3.84. The zero-order valence-electron chi connectivity index (χ0n) is 10.5. The van der Waals surface area contributed by atoms with Crippen molar-refractivity contribution in [2.24, 2.45) is 0 Å². The molecule has 0 saturated heterocycles. The first kappa shape index (κ1) is 10.8. The van der Waals surface area contributed by atoms with Gasteiger partial charge < -0.3 is 10.6 Å². The summed E-state index contributed by atoms with van der Waals surface area (Å²) in [6, 6.07) is 14.6. The van der Waals surface area contributed by atoms with E-state index in [-0.39, 0.29) is 0 Å². The summed E-state index contributed by atoms with van der Waals surface area (Å²) in [5, 5.41) is 8.61. The first-order valence-corrected chi connectivity index (χ1v) is 6.00. The number of anilines is 2. The van der Waals surface area contributed by atoms with Crippen LogP contribution in [0.5, 0.6) is 0 Å². The van der Waals surface area contributed by atoms with Crippen LogP contribution in [0.2, 0.25) is 0 Å². The highest BCUT2D eigenvalue weighted by atomic mass is 14.8. The van der Waals surface area contributed by atoms with Crippen molar-refractivity contribution in [1.82, 2.24) is 4.98 Å². The van der Waals surface area contributed by atoms with Crippen LogP contribution in [0.1, 0.15) is 0 Å². The number of hydrogen-bond acceptors (Lipinski definition) is 3. The minimum absolute atomic E-state index is 1.02. The molecule has 0 aliphatic rings. The first-order valence-electron chi connectivity index (χ1n) is 6.00. The molecule has 0 unspecified atom stereocenters. The third-order valence-electron chi connectivity index (χ3n) is 3.19. The molecule has 0 atom stereocenters. The Morgan fingerprint density at radius 2 is 1.22 bits per heavy atom. The molecule has 1 aromatic heterocycles. The average Bonchev–Trinajstić information content (AvgIpc) is 2.43. The molecule has 0 saturated carbocycles. The third-order valence-corrected chi connectivity index (χ3v) is 3.19. The average molecular weight is 237 g/mol. The monoisotopic (exact) mass is 237 g/mol. The number of nitrogens with zero attached hydrogens (tertiary/aromatic N) is 1. The summed E-state index contributed by atoms with van der Waals surface area (Å²) in [6.45, 7) is 0. The van der Waals surface area contributed by atoms with Crippen molar-refractivity contribution in [3.63, 3.8) is 0 Å². The van der Waals surface area contributed by atoms with Crippen molar-refractivity contribution in [2.45, 2.75) is 0 Å². The van der Waals surface area contributed by atoms with E-state index in [2.05, 4.69) is 53.1 Å². The number of pyridine rings is 1. The Bertz CT molecular complexity index is 660. The van der Waals surface area contributed by atoms with E-state index < -0.39 is 0 Å². The Kier molecular flexibility index (Phi) is 2.52. The molecule has 0 aliphatic carbocycles. The summed E-state index contributed by atoms with van der Waals surface area (Å²) in [6.07, 6.45) is 0. The molecule has 3 nitrogen and oxygen atoms in total. The predicted molar refractivity (Wildman–Crippen MR) is 78.3 cm³/mol. The van der Waals surface area contributed by atoms with Crippen LogP contribution >= 0.6 is 0 Å². The van der Waals surface area contributed by atoms with E-state index in [0.29, 0.717) is 0 Å².